The predicted octanol–water partition coefficient (Wildman–Crippen LogP) is 1.03. The van der Waals surface area contributed by atoms with E-state index < -0.39 is 18.1 Å². The molecular weight excluding hydrogens is 354 g/mol. The molecule has 0 unspecified atom stereocenters. The number of aryl methyl sites for hydroxylation is 2. The van der Waals surface area contributed by atoms with Crippen molar-refractivity contribution in [1.29, 1.82) is 0 Å². The van der Waals surface area contributed by atoms with E-state index in [1.807, 2.05) is 0 Å². The highest BCUT2D eigenvalue weighted by atomic mass is 32.1. The van der Waals surface area contributed by atoms with Gasteiger partial charge in [-0.1, -0.05) is 0 Å². The second kappa shape index (κ2) is 6.57. The summed E-state index contributed by atoms with van der Waals surface area (Å²) in [6.07, 6.45) is 3.38. The number of aliphatic hydroxyl groups is 2. The molecule has 9 heteroatoms. The molecule has 3 aromatic heterocycles. The highest BCUT2D eigenvalue weighted by Gasteiger charge is 2.26. The molecule has 1 aliphatic carbocycles. The first-order valence-electron chi connectivity index (χ1n) is 8.75. The van der Waals surface area contributed by atoms with E-state index in [0.29, 0.717) is 5.65 Å². The number of hydrogen-bond acceptors (Lipinski definition) is 7. The summed E-state index contributed by atoms with van der Waals surface area (Å²) in [5.74, 6) is -0.353. The zero-order chi connectivity index (χ0) is 18.4. The van der Waals surface area contributed by atoms with E-state index in [1.54, 1.807) is 36.0 Å². The van der Waals surface area contributed by atoms with Gasteiger partial charge in [-0.05, 0) is 38.7 Å². The van der Waals surface area contributed by atoms with Crippen molar-refractivity contribution in [2.75, 3.05) is 13.1 Å². The van der Waals surface area contributed by atoms with Gasteiger partial charge in [0.05, 0.1) is 17.6 Å². The Labute approximate surface area is 154 Å². The minimum atomic E-state index is -0.705. The van der Waals surface area contributed by atoms with E-state index >= 15 is 0 Å². The zero-order valence-electron chi connectivity index (χ0n) is 14.7. The van der Waals surface area contributed by atoms with Crippen molar-refractivity contribution < 1.29 is 15.0 Å². The minimum absolute atomic E-state index is 0.0542. The van der Waals surface area contributed by atoms with Crippen LogP contribution in [0.2, 0.25) is 0 Å². The molecule has 8 nitrogen and oxygen atoms in total. The van der Waals surface area contributed by atoms with Gasteiger partial charge in [-0.25, -0.2) is 14.5 Å². The predicted molar refractivity (Wildman–Crippen MR) is 97.5 cm³/mol. The fourth-order valence-corrected chi connectivity index (χ4v) is 4.73. The summed E-state index contributed by atoms with van der Waals surface area (Å²) in [6, 6.07) is 0. The van der Waals surface area contributed by atoms with Crippen LogP contribution in [0.25, 0.3) is 15.9 Å². The summed E-state index contributed by atoms with van der Waals surface area (Å²) in [6.45, 7) is 3.42. The van der Waals surface area contributed by atoms with Gasteiger partial charge in [0.2, 0.25) is 5.82 Å². The second-order valence-electron chi connectivity index (χ2n) is 6.89. The van der Waals surface area contributed by atoms with Gasteiger partial charge in [0.15, 0.2) is 5.65 Å². The fourth-order valence-electron chi connectivity index (χ4n) is 3.50. The van der Waals surface area contributed by atoms with Crippen LogP contribution in [0.15, 0.2) is 6.33 Å². The summed E-state index contributed by atoms with van der Waals surface area (Å²) in [7, 11) is 0. The summed E-state index contributed by atoms with van der Waals surface area (Å²) in [5.41, 5.74) is 1.92. The van der Waals surface area contributed by atoms with Crippen LogP contribution in [0, 0.1) is 0 Å². The van der Waals surface area contributed by atoms with E-state index in [9.17, 15) is 15.0 Å². The average molecular weight is 375 g/mol. The molecule has 0 aromatic carbocycles. The lowest BCUT2D eigenvalue weighted by Gasteiger charge is -2.23. The van der Waals surface area contributed by atoms with Gasteiger partial charge >= 0.3 is 0 Å². The molecule has 138 valence electrons. The molecule has 3 heterocycles. The van der Waals surface area contributed by atoms with Gasteiger partial charge in [0.25, 0.3) is 5.91 Å². The maximum absolute atomic E-state index is 12.8. The number of rotatable bonds is 5. The van der Waals surface area contributed by atoms with Gasteiger partial charge in [0.1, 0.15) is 11.2 Å². The molecule has 0 aliphatic heterocycles. The third kappa shape index (κ3) is 2.95. The Morgan fingerprint density at radius 2 is 2.04 bits per heavy atom. The molecule has 0 spiro atoms. The fraction of sp³-hybridized carbons (Fsp3) is 0.529. The number of carbonyl (C=O) groups excluding carboxylic acids is 1. The maximum atomic E-state index is 12.8. The van der Waals surface area contributed by atoms with E-state index in [1.165, 1.54) is 15.3 Å². The summed E-state index contributed by atoms with van der Waals surface area (Å²) < 4.78 is 1.55. The number of nitrogens with zero attached hydrogens (tertiary/aromatic N) is 5. The normalized spacial score (nSPS) is 16.2. The average Bonchev–Trinajstić information content (AvgIpc) is 3.24. The van der Waals surface area contributed by atoms with Crippen LogP contribution in [-0.4, -0.2) is 65.9 Å². The number of carbonyl (C=O) groups is 1. The first kappa shape index (κ1) is 17.3. The third-order valence-corrected chi connectivity index (χ3v) is 5.69. The third-order valence-electron chi connectivity index (χ3n) is 4.49. The number of aliphatic hydroxyl groups excluding tert-OH is 2. The quantitative estimate of drug-likeness (QED) is 0.690. The van der Waals surface area contributed by atoms with E-state index in [0.717, 1.165) is 29.5 Å². The number of aromatic nitrogens is 4. The zero-order valence-corrected chi connectivity index (χ0v) is 15.5. The molecule has 26 heavy (non-hydrogen) atoms. The molecule has 1 aliphatic rings. The summed E-state index contributed by atoms with van der Waals surface area (Å²) in [4.78, 5) is 25.5. The van der Waals surface area contributed by atoms with Crippen LogP contribution in [0.5, 0.6) is 0 Å². The van der Waals surface area contributed by atoms with E-state index in [-0.39, 0.29) is 18.9 Å². The SMILES string of the molecule is C[C@H](O)CN(C[C@H](C)O)C(=O)c1nc2c3c4c(sc3ncn2n1)CCC4. The van der Waals surface area contributed by atoms with Crippen molar-refractivity contribution in [3.05, 3.63) is 22.6 Å². The molecule has 0 bridgehead atoms. The van der Waals surface area contributed by atoms with Crippen molar-refractivity contribution in [1.82, 2.24) is 24.5 Å². The Balaban J connectivity index is 1.76. The molecule has 0 radical (unpaired) electrons. The molecule has 3 aromatic rings. The standard InChI is InChI=1S/C17H21N5O3S/c1-9(23)6-21(7-10(2)24)17(25)14-19-15-13-11-4-3-5-12(11)26-16(13)18-8-22(15)20-14/h8-10,23-24H,3-7H2,1-2H3/t9-,10-/m0/s1. The highest BCUT2D eigenvalue weighted by molar-refractivity contribution is 7.19. The second-order valence-corrected chi connectivity index (χ2v) is 7.98. The van der Waals surface area contributed by atoms with Crippen molar-refractivity contribution in [2.24, 2.45) is 0 Å². The Kier molecular flexibility index (Phi) is 4.37. The number of amides is 1. The molecule has 0 fully saturated rings. The van der Waals surface area contributed by atoms with E-state index in [2.05, 4.69) is 15.1 Å². The summed E-state index contributed by atoms with van der Waals surface area (Å²) >= 11 is 1.69. The molecule has 0 saturated heterocycles. The number of thiophene rings is 1. The van der Waals surface area contributed by atoms with Crippen LogP contribution < -0.4 is 0 Å². The first-order valence-corrected chi connectivity index (χ1v) is 9.56. The Morgan fingerprint density at radius 3 is 2.73 bits per heavy atom. The van der Waals surface area contributed by atoms with Crippen LogP contribution >= 0.6 is 11.3 Å². The molecule has 0 saturated carbocycles. The minimum Gasteiger partial charge on any atom is -0.392 e. The van der Waals surface area contributed by atoms with Gasteiger partial charge in [-0.3, -0.25) is 4.79 Å². The Morgan fingerprint density at radius 1 is 1.31 bits per heavy atom. The van der Waals surface area contributed by atoms with Crippen LogP contribution in [0.4, 0.5) is 0 Å². The number of hydrogen-bond donors (Lipinski definition) is 2. The Bertz CT molecular complexity index is 968. The van der Waals surface area contributed by atoms with Crippen molar-refractivity contribution >= 4 is 33.1 Å². The van der Waals surface area contributed by atoms with Crippen LogP contribution in [0.3, 0.4) is 0 Å². The molecule has 2 atom stereocenters. The molecule has 1 amide bonds. The molecule has 2 N–H and O–H groups in total. The highest BCUT2D eigenvalue weighted by Crippen LogP contribution is 2.37. The Hall–Kier alpha value is -2.10. The van der Waals surface area contributed by atoms with Crippen molar-refractivity contribution in [2.45, 2.75) is 45.3 Å². The molecular formula is C17H21N5O3S. The lowest BCUT2D eigenvalue weighted by Crippen LogP contribution is -2.41. The van der Waals surface area contributed by atoms with Gasteiger partial charge in [0, 0.05) is 18.0 Å². The smallest absolute Gasteiger partial charge is 0.293 e. The monoisotopic (exact) mass is 375 g/mol. The van der Waals surface area contributed by atoms with E-state index in [4.69, 9.17) is 0 Å². The lowest BCUT2D eigenvalue weighted by atomic mass is 10.2. The van der Waals surface area contributed by atoms with Crippen LogP contribution in [-0.2, 0) is 12.8 Å². The summed E-state index contributed by atoms with van der Waals surface area (Å²) in [5, 5.41) is 24.6. The maximum Gasteiger partial charge on any atom is 0.293 e. The number of fused-ring (bicyclic) bond motifs is 5. The van der Waals surface area contributed by atoms with Gasteiger partial charge in [-0.2, -0.15) is 0 Å². The topological polar surface area (TPSA) is 104 Å². The molecule has 4 rings (SSSR count). The van der Waals surface area contributed by atoms with Crippen molar-refractivity contribution in [3.63, 3.8) is 0 Å². The largest absolute Gasteiger partial charge is 0.392 e. The van der Waals surface area contributed by atoms with Gasteiger partial charge in [-0.15, -0.1) is 16.4 Å². The van der Waals surface area contributed by atoms with Crippen molar-refractivity contribution in [3.8, 4) is 0 Å². The van der Waals surface area contributed by atoms with Gasteiger partial charge < -0.3 is 15.1 Å². The first-order chi connectivity index (χ1) is 12.4. The van der Waals surface area contributed by atoms with Crippen LogP contribution in [0.1, 0.15) is 41.3 Å². The lowest BCUT2D eigenvalue weighted by molar-refractivity contribution is 0.0507.